The first-order chi connectivity index (χ1) is 14.0. The molecule has 158 valence electrons. The molecule has 2 aromatic carbocycles. The summed E-state index contributed by atoms with van der Waals surface area (Å²) in [6.07, 6.45) is -4.04. The molecule has 0 fully saturated rings. The Morgan fingerprint density at radius 2 is 1.70 bits per heavy atom. The summed E-state index contributed by atoms with van der Waals surface area (Å²) in [4.78, 5) is 12.6. The topological polar surface area (TPSA) is 81.1 Å². The molecule has 0 saturated heterocycles. The van der Waals surface area contributed by atoms with Crippen LogP contribution < -0.4 is 5.32 Å². The zero-order valence-electron chi connectivity index (χ0n) is 15.4. The van der Waals surface area contributed by atoms with E-state index in [0.29, 0.717) is 9.70 Å². The van der Waals surface area contributed by atoms with E-state index >= 15 is 0 Å². The highest BCUT2D eigenvalue weighted by atomic mass is 35.5. The number of sulfone groups is 1. The third kappa shape index (κ3) is 4.49. The van der Waals surface area contributed by atoms with E-state index in [0.717, 1.165) is 6.20 Å². The Morgan fingerprint density at radius 3 is 2.23 bits per heavy atom. The molecule has 11 heteroatoms. The van der Waals surface area contributed by atoms with E-state index in [1.54, 1.807) is 0 Å². The van der Waals surface area contributed by atoms with Gasteiger partial charge in [0.25, 0.3) is 5.91 Å². The van der Waals surface area contributed by atoms with Gasteiger partial charge in [0.05, 0.1) is 28.1 Å². The first kappa shape index (κ1) is 21.8. The molecule has 1 aromatic heterocycles. The van der Waals surface area contributed by atoms with Crippen LogP contribution in [0, 0.1) is 0 Å². The Hall–Kier alpha value is -2.85. The molecule has 0 aliphatic heterocycles. The van der Waals surface area contributed by atoms with Gasteiger partial charge in [-0.3, -0.25) is 4.79 Å². The van der Waals surface area contributed by atoms with Crippen molar-refractivity contribution < 1.29 is 26.4 Å². The Balaban J connectivity index is 1.94. The molecule has 0 saturated carbocycles. The van der Waals surface area contributed by atoms with Crippen LogP contribution in [0.3, 0.4) is 0 Å². The number of hydrogen-bond acceptors (Lipinski definition) is 4. The lowest BCUT2D eigenvalue weighted by Crippen LogP contribution is -2.20. The molecule has 0 spiro atoms. The third-order valence-corrected chi connectivity index (χ3v) is 6.21. The molecule has 1 N–H and O–H groups in total. The van der Waals surface area contributed by atoms with Crippen LogP contribution in [0.2, 0.25) is 5.02 Å². The van der Waals surface area contributed by atoms with E-state index < -0.39 is 33.2 Å². The summed E-state index contributed by atoms with van der Waals surface area (Å²) in [6.45, 7) is 1.49. The van der Waals surface area contributed by atoms with Crippen molar-refractivity contribution in [3.8, 4) is 5.69 Å². The lowest BCUT2D eigenvalue weighted by molar-refractivity contribution is -0.143. The molecule has 0 unspecified atom stereocenters. The lowest BCUT2D eigenvalue weighted by atomic mass is 10.2. The molecule has 30 heavy (non-hydrogen) atoms. The van der Waals surface area contributed by atoms with Gasteiger partial charge in [-0.25, -0.2) is 13.1 Å². The summed E-state index contributed by atoms with van der Waals surface area (Å²) in [5.41, 5.74) is -1.70. The minimum atomic E-state index is -4.86. The fraction of sp³-hybridized carbons (Fsp3) is 0.158. The number of halogens is 4. The van der Waals surface area contributed by atoms with Gasteiger partial charge >= 0.3 is 6.18 Å². The number of amides is 1. The lowest BCUT2D eigenvalue weighted by Gasteiger charge is -2.13. The number of rotatable bonds is 5. The van der Waals surface area contributed by atoms with Gasteiger partial charge in [-0.05, 0) is 48.5 Å². The largest absolute Gasteiger partial charge is 0.434 e. The molecule has 0 radical (unpaired) electrons. The van der Waals surface area contributed by atoms with Crippen molar-refractivity contribution in [1.82, 2.24) is 9.78 Å². The van der Waals surface area contributed by atoms with Crippen LogP contribution in [-0.4, -0.2) is 29.9 Å². The van der Waals surface area contributed by atoms with Gasteiger partial charge in [-0.15, -0.1) is 0 Å². The third-order valence-electron chi connectivity index (χ3n) is 4.20. The minimum absolute atomic E-state index is 0.0505. The van der Waals surface area contributed by atoms with Crippen LogP contribution in [0.1, 0.15) is 23.0 Å². The fourth-order valence-electron chi connectivity index (χ4n) is 2.68. The smallest absolute Gasteiger partial charge is 0.322 e. The van der Waals surface area contributed by atoms with Crippen LogP contribution >= 0.6 is 11.6 Å². The van der Waals surface area contributed by atoms with Crippen molar-refractivity contribution in [3.63, 3.8) is 0 Å². The van der Waals surface area contributed by atoms with Crippen molar-refractivity contribution in [1.29, 1.82) is 0 Å². The van der Waals surface area contributed by atoms with E-state index in [1.807, 2.05) is 0 Å². The van der Waals surface area contributed by atoms with Gasteiger partial charge in [-0.2, -0.15) is 18.3 Å². The number of carbonyl (C=O) groups is 1. The molecule has 0 bridgehead atoms. The number of nitrogens with one attached hydrogen (secondary N) is 1. The molecule has 1 heterocycles. The van der Waals surface area contributed by atoms with Gasteiger partial charge in [0, 0.05) is 10.7 Å². The van der Waals surface area contributed by atoms with Crippen LogP contribution in [0.4, 0.5) is 18.9 Å². The van der Waals surface area contributed by atoms with E-state index in [-0.39, 0.29) is 22.0 Å². The van der Waals surface area contributed by atoms with Gasteiger partial charge in [0.2, 0.25) is 0 Å². The van der Waals surface area contributed by atoms with Crippen LogP contribution in [0.5, 0.6) is 0 Å². The number of aromatic nitrogens is 2. The maximum absolute atomic E-state index is 13.7. The maximum Gasteiger partial charge on any atom is 0.434 e. The number of hydrogen-bond donors (Lipinski definition) is 1. The monoisotopic (exact) mass is 457 g/mol. The fourth-order valence-corrected chi connectivity index (χ4v) is 3.69. The number of benzene rings is 2. The Kier molecular flexibility index (Phi) is 5.91. The number of alkyl halides is 3. The van der Waals surface area contributed by atoms with Crippen LogP contribution in [-0.2, 0) is 16.0 Å². The van der Waals surface area contributed by atoms with E-state index in [1.165, 1.54) is 55.5 Å². The second-order valence-corrected chi connectivity index (χ2v) is 8.89. The Morgan fingerprint density at radius 1 is 1.10 bits per heavy atom. The molecule has 1 amide bonds. The summed E-state index contributed by atoms with van der Waals surface area (Å²) in [5.74, 6) is -1.13. The highest BCUT2D eigenvalue weighted by Crippen LogP contribution is 2.34. The average Bonchev–Trinajstić information content (AvgIpc) is 3.15. The molecule has 0 atom stereocenters. The number of carbonyl (C=O) groups excluding carboxylic acids is 1. The summed E-state index contributed by atoms with van der Waals surface area (Å²) in [6, 6.07) is 10.7. The SMILES string of the molecule is CCS(=O)(=O)c1ccc(NC(=O)c2cnn(-c3ccc(Cl)cc3)c2C(F)(F)F)cc1. The predicted octanol–water partition coefficient (Wildman–Crippen LogP) is 4.59. The summed E-state index contributed by atoms with van der Waals surface area (Å²) < 4.78 is 65.4. The maximum atomic E-state index is 13.7. The van der Waals surface area contributed by atoms with Gasteiger partial charge in [-0.1, -0.05) is 18.5 Å². The first-order valence-corrected chi connectivity index (χ1v) is 10.6. The predicted molar refractivity (Wildman–Crippen MR) is 106 cm³/mol. The second kappa shape index (κ2) is 8.11. The summed E-state index contributed by atoms with van der Waals surface area (Å²) >= 11 is 5.77. The van der Waals surface area contributed by atoms with E-state index in [4.69, 9.17) is 11.6 Å². The zero-order valence-corrected chi connectivity index (χ0v) is 17.0. The standard InChI is InChI=1S/C19H15ClF3N3O3S/c1-2-30(28,29)15-9-5-13(6-10-15)25-18(27)16-11-24-26(17(16)19(21,22)23)14-7-3-12(20)4-8-14/h3-11H,2H2,1H3,(H,25,27). The van der Waals surface area contributed by atoms with Crippen LogP contribution in [0.25, 0.3) is 5.69 Å². The molecule has 3 rings (SSSR count). The quantitative estimate of drug-likeness (QED) is 0.607. The van der Waals surface area contributed by atoms with Gasteiger partial charge < -0.3 is 5.32 Å². The summed E-state index contributed by atoms with van der Waals surface area (Å²) in [5, 5.41) is 6.39. The highest BCUT2D eigenvalue weighted by molar-refractivity contribution is 7.91. The zero-order chi connectivity index (χ0) is 22.1. The van der Waals surface area contributed by atoms with E-state index in [2.05, 4.69) is 10.4 Å². The van der Waals surface area contributed by atoms with Crippen molar-refractivity contribution in [2.75, 3.05) is 11.1 Å². The number of nitrogens with zero attached hydrogens (tertiary/aromatic N) is 2. The Bertz CT molecular complexity index is 1170. The molecule has 3 aromatic rings. The number of anilines is 1. The molecular formula is C19H15ClF3N3O3S. The molecule has 0 aliphatic carbocycles. The molecular weight excluding hydrogens is 443 g/mol. The van der Waals surface area contributed by atoms with Gasteiger partial charge in [0.1, 0.15) is 0 Å². The molecule has 6 nitrogen and oxygen atoms in total. The van der Waals surface area contributed by atoms with Crippen molar-refractivity contribution in [3.05, 3.63) is 71.0 Å². The average molecular weight is 458 g/mol. The summed E-state index contributed by atoms with van der Waals surface area (Å²) in [7, 11) is -3.44. The van der Waals surface area contributed by atoms with Crippen molar-refractivity contribution >= 4 is 33.0 Å². The highest BCUT2D eigenvalue weighted by Gasteiger charge is 2.40. The van der Waals surface area contributed by atoms with E-state index in [9.17, 15) is 26.4 Å². The first-order valence-electron chi connectivity index (χ1n) is 8.58. The van der Waals surface area contributed by atoms with Crippen molar-refractivity contribution in [2.45, 2.75) is 18.0 Å². The van der Waals surface area contributed by atoms with Crippen molar-refractivity contribution in [2.24, 2.45) is 0 Å². The van der Waals surface area contributed by atoms with Gasteiger partial charge in [0.15, 0.2) is 15.5 Å². The minimum Gasteiger partial charge on any atom is -0.322 e. The molecule has 0 aliphatic rings. The van der Waals surface area contributed by atoms with Crippen LogP contribution in [0.15, 0.2) is 59.6 Å². The Labute approximate surface area is 175 Å². The normalized spacial score (nSPS) is 12.0. The second-order valence-electron chi connectivity index (χ2n) is 6.17.